The quantitative estimate of drug-likeness (QED) is 0.121. The van der Waals surface area contributed by atoms with Crippen LogP contribution in [0.1, 0.15) is 152 Å². The van der Waals surface area contributed by atoms with Gasteiger partial charge in [-0.05, 0) is 99.6 Å². The normalized spacial score (nSPS) is 18.4. The number of pyridine rings is 1. The van der Waals surface area contributed by atoms with Crippen molar-refractivity contribution in [1.82, 2.24) is 4.98 Å². The predicted octanol–water partition coefficient (Wildman–Crippen LogP) is 16.6. The molecule has 0 N–H and O–H groups in total. The molecule has 1 aromatic heterocycles. The van der Waals surface area contributed by atoms with E-state index < -0.39 is 11.1 Å². The fraction of sp³-hybridized carbons (Fsp3) is 0.333. The molecule has 3 heterocycles. The van der Waals surface area contributed by atoms with E-state index in [9.17, 15) is 0 Å². The molecule has 7 aromatic rings. The van der Waals surface area contributed by atoms with Gasteiger partial charge in [0.15, 0.2) is 0 Å². The minimum atomic E-state index is -0.708. The number of aromatic nitrogens is 1. The van der Waals surface area contributed by atoms with Crippen molar-refractivity contribution in [2.45, 2.75) is 130 Å². The van der Waals surface area contributed by atoms with E-state index in [0.717, 1.165) is 33.9 Å². The third-order valence-corrected chi connectivity index (χ3v) is 15.0. The van der Waals surface area contributed by atoms with Gasteiger partial charge in [-0.3, -0.25) is 4.99 Å². The van der Waals surface area contributed by atoms with Crippen LogP contribution in [0.2, 0.25) is 0 Å². The molecule has 2 atom stereocenters. The summed E-state index contributed by atoms with van der Waals surface area (Å²) in [6.07, 6.45) is 1.92. The summed E-state index contributed by atoms with van der Waals surface area (Å²) in [5, 5.41) is 0. The number of hydrogen-bond acceptors (Lipinski definition) is 5. The van der Waals surface area contributed by atoms with Crippen molar-refractivity contribution in [2.24, 2.45) is 10.9 Å². The zero-order valence-corrected chi connectivity index (χ0v) is 44.9. The van der Waals surface area contributed by atoms with E-state index in [1.807, 2.05) is 12.3 Å². The van der Waals surface area contributed by atoms with Gasteiger partial charge in [0, 0.05) is 29.3 Å². The summed E-state index contributed by atoms with van der Waals surface area (Å²) in [5.41, 5.74) is 11.7. The first-order valence-corrected chi connectivity index (χ1v) is 24.5. The molecule has 0 bridgehead atoms. The molecular formula is C63H67N3O2Pt. The number of hydrogen-bond donors (Lipinski definition) is 0. The Balaban J connectivity index is 0.00000642. The molecule has 9 rings (SSSR count). The topological polar surface area (TPSA) is 47.0 Å². The third-order valence-electron chi connectivity index (χ3n) is 15.0. The van der Waals surface area contributed by atoms with Crippen LogP contribution in [0.25, 0.3) is 11.1 Å². The van der Waals surface area contributed by atoms with Crippen molar-refractivity contribution < 1.29 is 30.5 Å². The minimum Gasteiger partial charge on any atom is -0.511 e. The Kier molecular flexibility index (Phi) is 13.6. The number of aliphatic imine (C=N–C) groups is 1. The van der Waals surface area contributed by atoms with Gasteiger partial charge in [0.25, 0.3) is 0 Å². The fourth-order valence-corrected chi connectivity index (χ4v) is 10.7. The maximum atomic E-state index is 7.36. The predicted molar refractivity (Wildman–Crippen MR) is 282 cm³/mol. The first kappa shape index (κ1) is 49.6. The molecular weight excluding hydrogens is 1030 g/mol. The average molecular weight is 1090 g/mol. The van der Waals surface area contributed by atoms with Crippen LogP contribution in [-0.2, 0) is 36.6 Å². The molecule has 2 aliphatic heterocycles. The van der Waals surface area contributed by atoms with Crippen LogP contribution in [0.5, 0.6) is 11.5 Å². The second kappa shape index (κ2) is 18.9. The summed E-state index contributed by atoms with van der Waals surface area (Å²) < 4.78 is 14.5. The number of fused-ring (bicyclic) bond motifs is 2. The molecule has 0 aliphatic carbocycles. The van der Waals surface area contributed by atoms with E-state index in [-0.39, 0.29) is 55.6 Å². The van der Waals surface area contributed by atoms with Crippen molar-refractivity contribution in [3.05, 3.63) is 202 Å². The monoisotopic (exact) mass is 1090 g/mol. The molecule has 0 fully saturated rings. The molecule has 0 amide bonds. The molecule has 0 saturated carbocycles. The van der Waals surface area contributed by atoms with Crippen molar-refractivity contribution >= 4 is 23.1 Å². The van der Waals surface area contributed by atoms with Crippen LogP contribution >= 0.6 is 0 Å². The zero-order chi connectivity index (χ0) is 48.3. The number of nitrogens with zero attached hydrogens (tertiary/aromatic N) is 3. The van der Waals surface area contributed by atoms with E-state index in [0.29, 0.717) is 17.4 Å². The standard InChI is InChI=1S/C63H67N3O2.Pt/c1-40(2)50-27-22-28-51(41(3)4)57(50)45-35-46(59-65-62(12,63(13,68-59)42(5)6)58(43-23-16-14-17-24-43)44-25-18-15-19-26-44)37-49(36-45)67-48-31-32-53-55(39-48)66(54-30-21-20-29-52(54)61(53,10)11)56-38-47(33-34-64-56)60(7,8)9;/h14-36,38,40-42,58H,1-13H3;/q-2;+2/t62-,63-;/m1./s1. The Morgan fingerprint density at radius 2 is 1.25 bits per heavy atom. The summed E-state index contributed by atoms with van der Waals surface area (Å²) in [6.45, 7) is 29.4. The van der Waals surface area contributed by atoms with Crippen LogP contribution in [0.15, 0.2) is 151 Å². The number of anilines is 3. The minimum absolute atomic E-state index is 0. The fourth-order valence-electron chi connectivity index (χ4n) is 10.7. The summed E-state index contributed by atoms with van der Waals surface area (Å²) in [4.78, 5) is 13.0. The SMILES string of the molecule is CC(C)c1cccc(C(C)C)c1-c1cc(Oc2[c-]c3c(cc2)C(C)(C)c2ccccc2N3c2cc(C(C)(C)C)ccn2)[c-]c(C2=N[C@](C)(C(c3ccccc3)c3ccccc3)[C@@](C)(C(C)C)O2)c1.[Pt+2]. The van der Waals surface area contributed by atoms with Crippen LogP contribution in [0, 0.1) is 18.1 Å². The zero-order valence-electron chi connectivity index (χ0n) is 42.6. The maximum Gasteiger partial charge on any atom is 2.00 e. The Hall–Kier alpha value is -5.77. The smallest absolute Gasteiger partial charge is 0.511 e. The van der Waals surface area contributed by atoms with Crippen LogP contribution in [0.3, 0.4) is 0 Å². The summed E-state index contributed by atoms with van der Waals surface area (Å²) in [5.74, 6) is 3.12. The number of benzene rings is 6. The van der Waals surface area contributed by atoms with Crippen molar-refractivity contribution in [2.75, 3.05) is 4.90 Å². The molecule has 6 aromatic carbocycles. The van der Waals surface area contributed by atoms with Crippen molar-refractivity contribution in [1.29, 1.82) is 0 Å². The largest absolute Gasteiger partial charge is 2.00 e. The summed E-state index contributed by atoms with van der Waals surface area (Å²) >= 11 is 0. The van der Waals surface area contributed by atoms with E-state index in [4.69, 9.17) is 19.5 Å². The summed E-state index contributed by atoms with van der Waals surface area (Å²) in [7, 11) is 0. The Morgan fingerprint density at radius 1 is 0.638 bits per heavy atom. The average Bonchev–Trinajstić information content (AvgIpc) is 3.60. The number of rotatable bonds is 11. The Bertz CT molecular complexity index is 2940. The molecule has 69 heavy (non-hydrogen) atoms. The van der Waals surface area contributed by atoms with Crippen LogP contribution in [0.4, 0.5) is 17.2 Å². The molecule has 0 spiro atoms. The Labute approximate surface area is 426 Å². The van der Waals surface area contributed by atoms with Gasteiger partial charge in [0.2, 0.25) is 0 Å². The second-order valence-corrected chi connectivity index (χ2v) is 21.8. The van der Waals surface area contributed by atoms with Gasteiger partial charge in [-0.1, -0.05) is 202 Å². The maximum absolute atomic E-state index is 7.36. The van der Waals surface area contributed by atoms with E-state index in [1.54, 1.807) is 0 Å². The third kappa shape index (κ3) is 8.90. The Morgan fingerprint density at radius 3 is 1.84 bits per heavy atom. The van der Waals surface area contributed by atoms with E-state index in [2.05, 4.69) is 241 Å². The first-order valence-electron chi connectivity index (χ1n) is 24.5. The van der Waals surface area contributed by atoms with Gasteiger partial charge in [-0.2, -0.15) is 6.07 Å². The number of para-hydroxylation sites is 1. The second-order valence-electron chi connectivity index (χ2n) is 21.8. The van der Waals surface area contributed by atoms with E-state index in [1.165, 1.54) is 38.9 Å². The molecule has 0 radical (unpaired) electrons. The van der Waals surface area contributed by atoms with Gasteiger partial charge >= 0.3 is 21.1 Å². The first-order chi connectivity index (χ1) is 32.3. The molecule has 356 valence electrons. The molecule has 5 nitrogen and oxygen atoms in total. The number of ether oxygens (including phenoxy) is 2. The van der Waals surface area contributed by atoms with Crippen molar-refractivity contribution in [3.63, 3.8) is 0 Å². The van der Waals surface area contributed by atoms with Gasteiger partial charge in [0.05, 0.1) is 0 Å². The van der Waals surface area contributed by atoms with Crippen molar-refractivity contribution in [3.8, 4) is 22.6 Å². The molecule has 0 unspecified atom stereocenters. The molecule has 2 aliphatic rings. The van der Waals surface area contributed by atoms with Gasteiger partial charge < -0.3 is 14.4 Å². The molecule has 6 heteroatoms. The van der Waals surface area contributed by atoms with E-state index >= 15 is 0 Å². The molecule has 0 saturated heterocycles. The van der Waals surface area contributed by atoms with Crippen LogP contribution < -0.4 is 9.64 Å². The summed E-state index contributed by atoms with van der Waals surface area (Å²) in [6, 6.07) is 57.4. The van der Waals surface area contributed by atoms with Gasteiger partial charge in [-0.25, -0.2) is 4.98 Å². The van der Waals surface area contributed by atoms with Crippen LogP contribution in [-0.4, -0.2) is 22.0 Å². The van der Waals surface area contributed by atoms with Gasteiger partial charge in [-0.15, -0.1) is 23.8 Å². The van der Waals surface area contributed by atoms with Gasteiger partial charge in [0.1, 0.15) is 22.9 Å².